The highest BCUT2D eigenvalue weighted by atomic mass is 19.1. The van der Waals surface area contributed by atoms with Crippen LogP contribution in [0.1, 0.15) is 5.56 Å². The fourth-order valence-electron chi connectivity index (χ4n) is 2.08. The number of nitrogens with one attached hydrogen (secondary N) is 1. The van der Waals surface area contributed by atoms with Crippen molar-refractivity contribution in [3.63, 3.8) is 0 Å². The lowest BCUT2D eigenvalue weighted by atomic mass is 10.2. The molecule has 0 atom stereocenters. The summed E-state index contributed by atoms with van der Waals surface area (Å²) in [6, 6.07) is 13.2. The van der Waals surface area contributed by atoms with Gasteiger partial charge in [0.15, 0.2) is 0 Å². The first-order valence-electron chi connectivity index (χ1n) is 6.24. The Morgan fingerprint density at radius 1 is 0.950 bits per heavy atom. The monoisotopic (exact) mass is 270 g/mol. The molecule has 0 bridgehead atoms. The average Bonchev–Trinajstić information content (AvgIpc) is 2.44. The lowest BCUT2D eigenvalue weighted by molar-refractivity contribution is 0.580. The third-order valence-corrected chi connectivity index (χ3v) is 3.01. The van der Waals surface area contributed by atoms with Crippen LogP contribution in [0.25, 0.3) is 10.9 Å². The highest BCUT2D eigenvalue weighted by Crippen LogP contribution is 2.17. The number of anilines is 1. The van der Waals surface area contributed by atoms with E-state index in [4.69, 9.17) is 0 Å². The molecule has 0 saturated heterocycles. The van der Waals surface area contributed by atoms with Gasteiger partial charge in [-0.2, -0.15) is 0 Å². The van der Waals surface area contributed by atoms with Crippen LogP contribution in [0, 0.1) is 11.6 Å². The molecule has 0 amide bonds. The van der Waals surface area contributed by atoms with Crippen LogP contribution in [0.5, 0.6) is 0 Å². The summed E-state index contributed by atoms with van der Waals surface area (Å²) < 4.78 is 26.2. The first-order chi connectivity index (χ1) is 9.70. The van der Waals surface area contributed by atoms with Crippen LogP contribution in [0.3, 0.4) is 0 Å². The molecular weight excluding hydrogens is 258 g/mol. The van der Waals surface area contributed by atoms with Crippen LogP contribution in [-0.4, -0.2) is 4.98 Å². The summed E-state index contributed by atoms with van der Waals surface area (Å²) in [6.45, 7) is 0.342. The maximum absolute atomic E-state index is 13.1. The van der Waals surface area contributed by atoms with E-state index in [0.29, 0.717) is 12.1 Å². The minimum absolute atomic E-state index is 0.342. The maximum atomic E-state index is 13.1. The fraction of sp³-hybridized carbons (Fsp3) is 0.0625. The second kappa shape index (κ2) is 5.25. The fourth-order valence-corrected chi connectivity index (χ4v) is 2.08. The average molecular weight is 270 g/mol. The van der Waals surface area contributed by atoms with E-state index in [1.807, 2.05) is 30.3 Å². The number of pyridine rings is 1. The molecule has 0 saturated carbocycles. The number of aromatic nitrogens is 1. The molecule has 3 aromatic rings. The molecule has 1 aromatic heterocycles. The van der Waals surface area contributed by atoms with Crippen LogP contribution in [-0.2, 0) is 6.54 Å². The first-order valence-corrected chi connectivity index (χ1v) is 6.24. The van der Waals surface area contributed by atoms with Gasteiger partial charge in [0.1, 0.15) is 11.6 Å². The zero-order valence-electron chi connectivity index (χ0n) is 10.6. The zero-order chi connectivity index (χ0) is 13.9. The Bertz CT molecular complexity index is 736. The highest BCUT2D eigenvalue weighted by molar-refractivity contribution is 5.81. The number of rotatable bonds is 3. The highest BCUT2D eigenvalue weighted by Gasteiger charge is 2.01. The second-order valence-corrected chi connectivity index (χ2v) is 4.55. The molecule has 0 spiro atoms. The first kappa shape index (κ1) is 12.5. The van der Waals surface area contributed by atoms with E-state index < -0.39 is 11.6 Å². The Morgan fingerprint density at radius 2 is 1.70 bits per heavy atom. The summed E-state index contributed by atoms with van der Waals surface area (Å²) in [5.74, 6) is -1.14. The predicted molar refractivity (Wildman–Crippen MR) is 75.4 cm³/mol. The minimum atomic E-state index is -0.571. The van der Waals surface area contributed by atoms with Crippen LogP contribution in [0.2, 0.25) is 0 Å². The number of hydrogen-bond donors (Lipinski definition) is 1. The summed E-state index contributed by atoms with van der Waals surface area (Å²) in [6.07, 6.45) is 1.71. The normalized spacial score (nSPS) is 10.7. The summed E-state index contributed by atoms with van der Waals surface area (Å²) in [5.41, 5.74) is 2.28. The van der Waals surface area contributed by atoms with Gasteiger partial charge in [-0.05, 0) is 29.8 Å². The van der Waals surface area contributed by atoms with E-state index in [2.05, 4.69) is 10.3 Å². The molecular formula is C16H12F2N2. The van der Waals surface area contributed by atoms with Gasteiger partial charge in [-0.15, -0.1) is 0 Å². The van der Waals surface area contributed by atoms with Crippen molar-refractivity contribution in [1.29, 1.82) is 0 Å². The van der Waals surface area contributed by atoms with Crippen LogP contribution in [0.4, 0.5) is 14.5 Å². The summed E-state index contributed by atoms with van der Waals surface area (Å²) in [5, 5.41) is 4.13. The molecule has 0 fully saturated rings. The standard InChI is InChI=1S/C16H12F2N2/c17-13-5-11(6-14(18)8-13)9-19-15-7-12-3-1-2-4-16(12)20-10-15/h1-8,10,19H,9H2. The molecule has 0 aliphatic carbocycles. The van der Waals surface area contributed by atoms with Gasteiger partial charge >= 0.3 is 0 Å². The van der Waals surface area contributed by atoms with E-state index in [9.17, 15) is 8.78 Å². The van der Waals surface area contributed by atoms with Crippen molar-refractivity contribution < 1.29 is 8.78 Å². The Kier molecular flexibility index (Phi) is 3.29. The van der Waals surface area contributed by atoms with E-state index in [1.165, 1.54) is 12.1 Å². The van der Waals surface area contributed by atoms with Crippen LogP contribution < -0.4 is 5.32 Å². The molecule has 1 N–H and O–H groups in total. The summed E-state index contributed by atoms with van der Waals surface area (Å²) in [7, 11) is 0. The number of hydrogen-bond acceptors (Lipinski definition) is 2. The van der Waals surface area contributed by atoms with Crippen molar-refractivity contribution in [2.24, 2.45) is 0 Å². The lowest BCUT2D eigenvalue weighted by Crippen LogP contribution is -2.01. The molecule has 0 unspecified atom stereocenters. The number of para-hydroxylation sites is 1. The second-order valence-electron chi connectivity index (χ2n) is 4.55. The van der Waals surface area contributed by atoms with Gasteiger partial charge in [0.25, 0.3) is 0 Å². The number of halogens is 2. The summed E-state index contributed by atoms with van der Waals surface area (Å²) in [4.78, 5) is 4.32. The van der Waals surface area contributed by atoms with Crippen molar-refractivity contribution in [1.82, 2.24) is 4.98 Å². The smallest absolute Gasteiger partial charge is 0.126 e. The molecule has 0 aliphatic heterocycles. The van der Waals surface area contributed by atoms with E-state index in [0.717, 1.165) is 22.7 Å². The molecule has 2 aromatic carbocycles. The van der Waals surface area contributed by atoms with E-state index >= 15 is 0 Å². The Labute approximate surface area is 115 Å². The number of nitrogens with zero attached hydrogens (tertiary/aromatic N) is 1. The van der Waals surface area contributed by atoms with Gasteiger partial charge in [-0.1, -0.05) is 18.2 Å². The quantitative estimate of drug-likeness (QED) is 0.774. The molecule has 0 aliphatic rings. The number of benzene rings is 2. The van der Waals surface area contributed by atoms with Gasteiger partial charge in [0.2, 0.25) is 0 Å². The van der Waals surface area contributed by atoms with Gasteiger partial charge in [0.05, 0.1) is 17.4 Å². The van der Waals surface area contributed by atoms with Gasteiger partial charge in [-0.3, -0.25) is 4.98 Å². The Balaban J connectivity index is 1.79. The van der Waals surface area contributed by atoms with Gasteiger partial charge in [0, 0.05) is 18.0 Å². The van der Waals surface area contributed by atoms with Crippen molar-refractivity contribution in [3.8, 4) is 0 Å². The van der Waals surface area contributed by atoms with Gasteiger partial charge < -0.3 is 5.32 Å². The number of fused-ring (bicyclic) bond motifs is 1. The maximum Gasteiger partial charge on any atom is 0.126 e. The summed E-state index contributed by atoms with van der Waals surface area (Å²) >= 11 is 0. The SMILES string of the molecule is Fc1cc(F)cc(CNc2cnc3ccccc3c2)c1. The molecule has 4 heteroatoms. The Hall–Kier alpha value is -2.49. The third-order valence-electron chi connectivity index (χ3n) is 3.01. The van der Waals surface area contributed by atoms with Crippen LogP contribution in [0.15, 0.2) is 54.7 Å². The zero-order valence-corrected chi connectivity index (χ0v) is 10.6. The van der Waals surface area contributed by atoms with Crippen molar-refractivity contribution in [3.05, 3.63) is 71.9 Å². The third kappa shape index (κ3) is 2.74. The molecule has 100 valence electrons. The molecule has 20 heavy (non-hydrogen) atoms. The largest absolute Gasteiger partial charge is 0.380 e. The van der Waals surface area contributed by atoms with Crippen molar-refractivity contribution >= 4 is 16.6 Å². The van der Waals surface area contributed by atoms with E-state index in [-0.39, 0.29) is 0 Å². The van der Waals surface area contributed by atoms with Crippen molar-refractivity contribution in [2.75, 3.05) is 5.32 Å². The topological polar surface area (TPSA) is 24.9 Å². The predicted octanol–water partition coefficient (Wildman–Crippen LogP) is 4.13. The molecule has 0 radical (unpaired) electrons. The van der Waals surface area contributed by atoms with E-state index in [1.54, 1.807) is 6.20 Å². The lowest BCUT2D eigenvalue weighted by Gasteiger charge is -2.07. The van der Waals surface area contributed by atoms with Crippen LogP contribution >= 0.6 is 0 Å². The Morgan fingerprint density at radius 3 is 2.50 bits per heavy atom. The molecule has 2 nitrogen and oxygen atoms in total. The molecule has 1 heterocycles. The minimum Gasteiger partial charge on any atom is -0.380 e. The van der Waals surface area contributed by atoms with Gasteiger partial charge in [-0.25, -0.2) is 8.78 Å². The van der Waals surface area contributed by atoms with Crippen molar-refractivity contribution in [2.45, 2.75) is 6.54 Å². The molecule has 3 rings (SSSR count).